The first-order chi connectivity index (χ1) is 27.9. The molecule has 4 aromatic rings. The molecule has 1 unspecified atom stereocenters. The van der Waals surface area contributed by atoms with Crippen LogP contribution in [0.15, 0.2) is 24.3 Å². The third-order valence-corrected chi connectivity index (χ3v) is 19.3. The zero-order valence-electron chi connectivity index (χ0n) is 34.6. The molecule has 310 valence electrons. The van der Waals surface area contributed by atoms with Crippen molar-refractivity contribution in [3.05, 3.63) is 41.5 Å². The molecule has 10 nitrogen and oxygen atoms in total. The molecule has 0 bridgehead atoms. The van der Waals surface area contributed by atoms with Crippen LogP contribution in [0.2, 0.25) is 16.6 Å². The number of hydrogen-bond donors (Lipinski definition) is 0. The van der Waals surface area contributed by atoms with Crippen LogP contribution in [0.3, 0.4) is 0 Å². The van der Waals surface area contributed by atoms with Gasteiger partial charge in [0.1, 0.15) is 61.4 Å². The van der Waals surface area contributed by atoms with Gasteiger partial charge in [-0.2, -0.15) is 9.97 Å². The SMILES string of the molecule is COCOc1cc(-c2nc3c4c(nc(OC[C@@]56CCCN5C[C@H](F)C6)nc4c2F)N2CCOCCC2CO3)c2c(C#C[Si](C(C)C)(C(C)C)C(C)C)c(F)ccc2c1. The van der Waals surface area contributed by atoms with Gasteiger partial charge in [0.2, 0.25) is 5.88 Å². The highest BCUT2D eigenvalue weighted by atomic mass is 28.3. The van der Waals surface area contributed by atoms with Crippen molar-refractivity contribution in [2.24, 2.45) is 0 Å². The highest BCUT2D eigenvalue weighted by Gasteiger charge is 2.49. The van der Waals surface area contributed by atoms with E-state index in [1.165, 1.54) is 13.2 Å². The number of aromatic nitrogens is 3. The van der Waals surface area contributed by atoms with Crippen LogP contribution in [-0.2, 0) is 9.47 Å². The molecule has 3 saturated heterocycles. The van der Waals surface area contributed by atoms with E-state index in [9.17, 15) is 4.39 Å². The normalized spacial score (nSPS) is 22.2. The summed E-state index contributed by atoms with van der Waals surface area (Å²) in [7, 11) is -0.801. The van der Waals surface area contributed by atoms with Crippen LogP contribution in [0.4, 0.5) is 19.0 Å². The Kier molecular flexibility index (Phi) is 11.3. The van der Waals surface area contributed by atoms with E-state index in [4.69, 9.17) is 38.6 Å². The number of nitrogens with zero attached hydrogens (tertiary/aromatic N) is 5. The predicted octanol–water partition coefficient (Wildman–Crippen LogP) is 8.62. The quantitative estimate of drug-likeness (QED) is 0.0881. The van der Waals surface area contributed by atoms with E-state index in [0.717, 1.165) is 19.4 Å². The summed E-state index contributed by atoms with van der Waals surface area (Å²) in [6, 6.07) is 6.30. The van der Waals surface area contributed by atoms with E-state index >= 15 is 8.78 Å². The molecule has 3 fully saturated rings. The molecule has 2 aromatic carbocycles. The summed E-state index contributed by atoms with van der Waals surface area (Å²) in [5, 5.41) is 1.31. The summed E-state index contributed by atoms with van der Waals surface area (Å²) >= 11 is 0. The minimum absolute atomic E-state index is 0.0177. The van der Waals surface area contributed by atoms with Crippen LogP contribution in [0.5, 0.6) is 17.6 Å². The summed E-state index contributed by atoms with van der Waals surface area (Å²) in [5.74, 6) is 3.04. The van der Waals surface area contributed by atoms with E-state index in [1.807, 2.05) is 0 Å². The molecule has 58 heavy (non-hydrogen) atoms. The lowest BCUT2D eigenvalue weighted by Gasteiger charge is -2.38. The number of ether oxygens (including phenoxy) is 5. The molecule has 0 spiro atoms. The van der Waals surface area contributed by atoms with Gasteiger partial charge >= 0.3 is 6.01 Å². The van der Waals surface area contributed by atoms with Gasteiger partial charge in [-0.1, -0.05) is 53.5 Å². The van der Waals surface area contributed by atoms with Gasteiger partial charge in [-0.05, 0) is 66.0 Å². The Morgan fingerprint density at radius 2 is 1.78 bits per heavy atom. The van der Waals surface area contributed by atoms with Crippen molar-refractivity contribution in [1.29, 1.82) is 0 Å². The van der Waals surface area contributed by atoms with Crippen molar-refractivity contribution in [3.63, 3.8) is 0 Å². The van der Waals surface area contributed by atoms with Crippen LogP contribution in [0, 0.1) is 23.1 Å². The fourth-order valence-corrected chi connectivity index (χ4v) is 15.5. The standard InChI is InChI=1S/C44H54F3N5O5Si/c1-26(2)58(27(3)4,28(5)6)18-12-33-35(46)10-9-29-19-32(57-25-53-7)20-34(36(29)33)39-38(47)40-37-41(52-15-17-54-16-11-31(52)23-55-42(37)48-39)50-43(49-40)56-24-44-13-8-14-51(44)22-30(45)21-44/h9-10,19-20,26-28,30-31H,8,11,13-17,21-25H2,1-7H3/t30-,31?,44+/m1/s1. The Bertz CT molecular complexity index is 2240. The molecule has 0 aliphatic carbocycles. The second-order valence-electron chi connectivity index (χ2n) is 17.2. The van der Waals surface area contributed by atoms with Crippen molar-refractivity contribution in [2.45, 2.75) is 102 Å². The lowest BCUT2D eigenvalue weighted by molar-refractivity contribution is 0.0512. The Hall–Kier alpha value is -4.16. The molecular formula is C44H54F3N5O5Si. The number of alkyl halides is 1. The Labute approximate surface area is 339 Å². The first-order valence-electron chi connectivity index (χ1n) is 20.7. The summed E-state index contributed by atoms with van der Waals surface area (Å²) in [4.78, 5) is 18.8. The van der Waals surface area contributed by atoms with Crippen LogP contribution in [0.1, 0.15) is 72.8 Å². The van der Waals surface area contributed by atoms with Crippen LogP contribution >= 0.6 is 0 Å². The van der Waals surface area contributed by atoms with Gasteiger partial charge in [0, 0.05) is 44.2 Å². The van der Waals surface area contributed by atoms with Crippen LogP contribution in [0.25, 0.3) is 32.9 Å². The minimum atomic E-state index is -2.31. The first-order valence-corrected chi connectivity index (χ1v) is 22.9. The smallest absolute Gasteiger partial charge is 0.319 e. The molecule has 4 aliphatic heterocycles. The van der Waals surface area contributed by atoms with Gasteiger partial charge in [-0.25, -0.2) is 18.2 Å². The third kappa shape index (κ3) is 7.05. The van der Waals surface area contributed by atoms with Gasteiger partial charge in [0.15, 0.2) is 12.6 Å². The number of hydrogen-bond acceptors (Lipinski definition) is 10. The average molecular weight is 818 g/mol. The summed E-state index contributed by atoms with van der Waals surface area (Å²) in [6.07, 6.45) is 1.83. The maximum Gasteiger partial charge on any atom is 0.319 e. The second kappa shape index (κ2) is 16.1. The van der Waals surface area contributed by atoms with E-state index in [1.54, 1.807) is 18.2 Å². The number of halogens is 3. The van der Waals surface area contributed by atoms with Crippen molar-refractivity contribution < 1.29 is 36.9 Å². The second-order valence-corrected chi connectivity index (χ2v) is 22.8. The predicted molar refractivity (Wildman–Crippen MR) is 221 cm³/mol. The molecule has 0 saturated carbocycles. The molecule has 2 aromatic heterocycles. The molecule has 14 heteroatoms. The van der Waals surface area contributed by atoms with Crippen molar-refractivity contribution in [3.8, 4) is 40.4 Å². The molecule has 0 radical (unpaired) electrons. The zero-order chi connectivity index (χ0) is 40.9. The van der Waals surface area contributed by atoms with E-state index in [-0.39, 0.29) is 60.3 Å². The molecule has 3 atom stereocenters. The Balaban J connectivity index is 1.36. The number of benzene rings is 2. The monoisotopic (exact) mass is 817 g/mol. The highest BCUT2D eigenvalue weighted by Crippen LogP contribution is 2.46. The molecule has 0 N–H and O–H groups in total. The Morgan fingerprint density at radius 1 is 0.983 bits per heavy atom. The van der Waals surface area contributed by atoms with Crippen LogP contribution in [-0.4, -0.2) is 106 Å². The molecule has 6 heterocycles. The minimum Gasteiger partial charge on any atom is -0.475 e. The van der Waals surface area contributed by atoms with E-state index < -0.39 is 31.4 Å². The first kappa shape index (κ1) is 40.6. The maximum absolute atomic E-state index is 17.8. The lowest BCUT2D eigenvalue weighted by Crippen LogP contribution is -2.43. The zero-order valence-corrected chi connectivity index (χ0v) is 35.6. The molecule has 8 rings (SSSR count). The molecule has 0 amide bonds. The summed E-state index contributed by atoms with van der Waals surface area (Å²) < 4.78 is 78.7. The lowest BCUT2D eigenvalue weighted by atomic mass is 9.95. The fraction of sp³-hybridized carbons (Fsp3) is 0.568. The van der Waals surface area contributed by atoms with Gasteiger partial charge in [0.25, 0.3) is 0 Å². The average Bonchev–Trinajstić information content (AvgIpc) is 3.54. The van der Waals surface area contributed by atoms with Crippen molar-refractivity contribution >= 4 is 35.6 Å². The van der Waals surface area contributed by atoms with Gasteiger partial charge < -0.3 is 28.6 Å². The molecular weight excluding hydrogens is 764 g/mol. The van der Waals surface area contributed by atoms with Gasteiger partial charge in [-0.15, -0.1) is 5.54 Å². The maximum atomic E-state index is 17.8. The van der Waals surface area contributed by atoms with Crippen LogP contribution < -0.4 is 19.1 Å². The van der Waals surface area contributed by atoms with Gasteiger partial charge in [-0.3, -0.25) is 4.90 Å². The van der Waals surface area contributed by atoms with Crippen molar-refractivity contribution in [2.75, 3.05) is 64.9 Å². The highest BCUT2D eigenvalue weighted by molar-refractivity contribution is 6.90. The van der Waals surface area contributed by atoms with Crippen molar-refractivity contribution in [1.82, 2.24) is 19.9 Å². The number of rotatable bonds is 10. The Morgan fingerprint density at radius 3 is 2.53 bits per heavy atom. The third-order valence-electron chi connectivity index (χ3n) is 13.0. The summed E-state index contributed by atoms with van der Waals surface area (Å²) in [6.45, 7) is 16.2. The number of pyridine rings is 1. The number of anilines is 1. The molecule has 4 aliphatic rings. The fourth-order valence-electron chi connectivity index (χ4n) is 10.3. The van der Waals surface area contributed by atoms with E-state index in [0.29, 0.717) is 83.5 Å². The number of methoxy groups -OCH3 is 1. The topological polar surface area (TPSA) is 91.3 Å². The van der Waals surface area contributed by atoms with Gasteiger partial charge in [0.05, 0.1) is 23.8 Å². The summed E-state index contributed by atoms with van der Waals surface area (Å²) in [5.41, 5.74) is 4.43. The largest absolute Gasteiger partial charge is 0.475 e. The number of fused-ring (bicyclic) bond motifs is 4. The van der Waals surface area contributed by atoms with E-state index in [2.05, 4.69) is 62.8 Å².